The summed E-state index contributed by atoms with van der Waals surface area (Å²) >= 11 is 7.04. The molecule has 1 N–H and O–H groups in total. The number of nitrogens with one attached hydrogen (secondary N) is 1. The number of ether oxygens (including phenoxy) is 1. The van der Waals surface area contributed by atoms with Crippen LogP contribution in [0.25, 0.3) is 0 Å². The first kappa shape index (κ1) is 13.3. The van der Waals surface area contributed by atoms with E-state index in [9.17, 15) is 9.59 Å². The van der Waals surface area contributed by atoms with Gasteiger partial charge in [0.15, 0.2) is 6.10 Å². The van der Waals surface area contributed by atoms with Crippen molar-refractivity contribution in [3.8, 4) is 0 Å². The second kappa shape index (κ2) is 5.69. The number of nitrogens with zero attached hydrogens (tertiary/aromatic N) is 1. The number of hydrogen-bond acceptors (Lipinski definition) is 4. The second-order valence-electron chi connectivity index (χ2n) is 3.83. The van der Waals surface area contributed by atoms with E-state index in [-0.39, 0.29) is 18.4 Å². The Hall–Kier alpha value is -1.11. The van der Waals surface area contributed by atoms with E-state index >= 15 is 0 Å². The fraction of sp³-hybridized carbons (Fsp3) is 0.455. The van der Waals surface area contributed by atoms with E-state index in [1.54, 1.807) is 24.1 Å². The quantitative estimate of drug-likeness (QED) is 0.883. The minimum absolute atomic E-state index is 0.107. The van der Waals surface area contributed by atoms with Gasteiger partial charge in [-0.25, -0.2) is 0 Å². The third-order valence-electron chi connectivity index (χ3n) is 2.68. The highest BCUT2D eigenvalue weighted by molar-refractivity contribution is 7.17. The van der Waals surface area contributed by atoms with E-state index < -0.39 is 6.10 Å². The van der Waals surface area contributed by atoms with Crippen LogP contribution in [0.3, 0.4) is 0 Å². The van der Waals surface area contributed by atoms with E-state index in [2.05, 4.69) is 5.32 Å². The van der Waals surface area contributed by atoms with Crippen molar-refractivity contribution in [2.75, 3.05) is 26.7 Å². The van der Waals surface area contributed by atoms with Crippen molar-refractivity contribution in [3.63, 3.8) is 0 Å². The molecule has 0 aliphatic carbocycles. The number of likely N-dealkylation sites (N-methyl/N-ethyl adjacent to an activating group) is 1. The smallest absolute Gasteiger partial charge is 0.264 e. The van der Waals surface area contributed by atoms with Gasteiger partial charge >= 0.3 is 0 Å². The Kier molecular flexibility index (Phi) is 4.21. The average Bonchev–Trinajstić information content (AvgIpc) is 2.83. The Morgan fingerprint density at radius 2 is 2.33 bits per heavy atom. The zero-order valence-corrected chi connectivity index (χ0v) is 11.4. The maximum atomic E-state index is 12.2. The first-order chi connectivity index (χ1) is 8.61. The number of hydrogen-bond donors (Lipinski definition) is 1. The van der Waals surface area contributed by atoms with Gasteiger partial charge in [0.25, 0.3) is 11.8 Å². The molecule has 7 heteroatoms. The molecule has 1 aliphatic rings. The molecule has 0 spiro atoms. The van der Waals surface area contributed by atoms with Gasteiger partial charge in [-0.2, -0.15) is 0 Å². The fourth-order valence-corrected chi connectivity index (χ4v) is 2.75. The lowest BCUT2D eigenvalue weighted by atomic mass is 10.2. The molecule has 1 saturated heterocycles. The minimum atomic E-state index is -0.594. The first-order valence-corrected chi connectivity index (χ1v) is 6.69. The molecule has 2 heterocycles. The molecular formula is C11H13ClN2O3S. The van der Waals surface area contributed by atoms with Gasteiger partial charge in [-0.15, -0.1) is 11.3 Å². The summed E-state index contributed by atoms with van der Waals surface area (Å²) in [5.74, 6) is -0.319. The van der Waals surface area contributed by atoms with E-state index in [1.165, 1.54) is 11.3 Å². The van der Waals surface area contributed by atoms with Gasteiger partial charge in [0.1, 0.15) is 0 Å². The van der Waals surface area contributed by atoms with Gasteiger partial charge in [0.2, 0.25) is 0 Å². The van der Waals surface area contributed by atoms with Crippen molar-refractivity contribution < 1.29 is 14.3 Å². The molecule has 0 bridgehead atoms. The molecule has 1 aliphatic heterocycles. The zero-order chi connectivity index (χ0) is 13.1. The van der Waals surface area contributed by atoms with Gasteiger partial charge in [-0.3, -0.25) is 9.59 Å². The maximum Gasteiger partial charge on any atom is 0.264 e. The van der Waals surface area contributed by atoms with Crippen LogP contribution < -0.4 is 5.32 Å². The molecule has 1 aromatic heterocycles. The molecule has 1 unspecified atom stereocenters. The monoisotopic (exact) mass is 288 g/mol. The van der Waals surface area contributed by atoms with Gasteiger partial charge in [0.05, 0.1) is 22.4 Å². The topological polar surface area (TPSA) is 58.6 Å². The standard InChI is InChI=1S/C11H13ClN2O3S/c1-13-10(15)7-6-14(4-5-17-7)11(16)8-2-3-9(12)18-8/h2-3,7H,4-6H2,1H3,(H,13,15). The molecule has 1 fully saturated rings. The number of rotatable bonds is 2. The van der Waals surface area contributed by atoms with Crippen molar-refractivity contribution in [1.82, 2.24) is 10.2 Å². The predicted molar refractivity (Wildman–Crippen MR) is 69.0 cm³/mol. The Balaban J connectivity index is 2.05. The van der Waals surface area contributed by atoms with Crippen LogP contribution in [0, 0.1) is 0 Å². The summed E-state index contributed by atoms with van der Waals surface area (Å²) < 4.78 is 5.90. The Morgan fingerprint density at radius 3 is 2.94 bits per heavy atom. The van der Waals surface area contributed by atoms with Crippen LogP contribution in [0.2, 0.25) is 4.34 Å². The largest absolute Gasteiger partial charge is 0.365 e. The second-order valence-corrected chi connectivity index (χ2v) is 5.54. The van der Waals surface area contributed by atoms with Crippen LogP contribution in [0.4, 0.5) is 0 Å². The molecule has 1 atom stereocenters. The highest BCUT2D eigenvalue weighted by Gasteiger charge is 2.29. The van der Waals surface area contributed by atoms with Crippen LogP contribution in [-0.4, -0.2) is 49.6 Å². The minimum Gasteiger partial charge on any atom is -0.365 e. The number of carbonyl (C=O) groups is 2. The molecule has 18 heavy (non-hydrogen) atoms. The highest BCUT2D eigenvalue weighted by atomic mass is 35.5. The van der Waals surface area contributed by atoms with E-state index in [0.717, 1.165) is 0 Å². The van der Waals surface area contributed by atoms with Crippen LogP contribution in [0.5, 0.6) is 0 Å². The van der Waals surface area contributed by atoms with Crippen LogP contribution in [0.15, 0.2) is 12.1 Å². The van der Waals surface area contributed by atoms with Crippen molar-refractivity contribution in [1.29, 1.82) is 0 Å². The number of thiophene rings is 1. The fourth-order valence-electron chi connectivity index (χ4n) is 1.74. The molecule has 0 radical (unpaired) electrons. The lowest BCUT2D eigenvalue weighted by molar-refractivity contribution is -0.136. The van der Waals surface area contributed by atoms with Crippen molar-refractivity contribution >= 4 is 34.8 Å². The van der Waals surface area contributed by atoms with E-state index in [4.69, 9.17) is 16.3 Å². The number of amides is 2. The molecule has 2 rings (SSSR count). The lowest BCUT2D eigenvalue weighted by Gasteiger charge is -2.31. The third-order valence-corrected chi connectivity index (χ3v) is 3.90. The Morgan fingerprint density at radius 1 is 1.56 bits per heavy atom. The first-order valence-electron chi connectivity index (χ1n) is 5.49. The zero-order valence-electron chi connectivity index (χ0n) is 9.81. The summed E-state index contributed by atoms with van der Waals surface area (Å²) in [6, 6.07) is 3.38. The van der Waals surface area contributed by atoms with Gasteiger partial charge in [-0.05, 0) is 12.1 Å². The van der Waals surface area contributed by atoms with E-state index in [0.29, 0.717) is 22.4 Å². The number of carbonyl (C=O) groups excluding carboxylic acids is 2. The summed E-state index contributed by atoms with van der Waals surface area (Å²) in [7, 11) is 1.55. The van der Waals surface area contributed by atoms with Gasteiger partial charge in [0, 0.05) is 13.6 Å². The summed E-state index contributed by atoms with van der Waals surface area (Å²) in [5, 5.41) is 2.52. The van der Waals surface area contributed by atoms with Gasteiger partial charge in [-0.1, -0.05) is 11.6 Å². The lowest BCUT2D eigenvalue weighted by Crippen LogP contribution is -2.50. The number of halogens is 1. The van der Waals surface area contributed by atoms with Crippen molar-refractivity contribution in [2.24, 2.45) is 0 Å². The molecule has 98 valence electrons. The Bertz CT molecular complexity index is 463. The summed E-state index contributed by atoms with van der Waals surface area (Å²) in [4.78, 5) is 25.8. The third kappa shape index (κ3) is 2.82. The highest BCUT2D eigenvalue weighted by Crippen LogP contribution is 2.23. The van der Waals surface area contributed by atoms with E-state index in [1.807, 2.05) is 0 Å². The molecule has 1 aromatic rings. The molecular weight excluding hydrogens is 276 g/mol. The van der Waals surface area contributed by atoms with Crippen molar-refractivity contribution in [3.05, 3.63) is 21.3 Å². The predicted octanol–water partition coefficient (Wildman–Crippen LogP) is 0.989. The van der Waals surface area contributed by atoms with Crippen molar-refractivity contribution in [2.45, 2.75) is 6.10 Å². The van der Waals surface area contributed by atoms with Crippen LogP contribution in [0.1, 0.15) is 9.67 Å². The summed E-state index contributed by atoms with van der Waals surface area (Å²) in [6.07, 6.45) is -0.594. The van der Waals surface area contributed by atoms with Crippen LogP contribution >= 0.6 is 22.9 Å². The summed E-state index contributed by atoms with van der Waals surface area (Å²) in [6.45, 7) is 1.12. The van der Waals surface area contributed by atoms with Gasteiger partial charge < -0.3 is 15.0 Å². The summed E-state index contributed by atoms with van der Waals surface area (Å²) in [5.41, 5.74) is 0. The number of morpholine rings is 1. The normalized spacial score (nSPS) is 19.7. The maximum absolute atomic E-state index is 12.2. The molecule has 0 aromatic carbocycles. The molecule has 5 nitrogen and oxygen atoms in total. The average molecular weight is 289 g/mol. The Labute approximate surface area is 114 Å². The molecule has 0 saturated carbocycles. The van der Waals surface area contributed by atoms with Crippen LogP contribution in [-0.2, 0) is 9.53 Å². The molecule has 2 amide bonds. The SMILES string of the molecule is CNC(=O)C1CN(C(=O)c2ccc(Cl)s2)CCO1.